The third-order valence-electron chi connectivity index (χ3n) is 3.28. The van der Waals surface area contributed by atoms with Crippen molar-refractivity contribution >= 4 is 26.7 Å². The Morgan fingerprint density at radius 3 is 2.76 bits per heavy atom. The first-order valence-corrected chi connectivity index (χ1v) is 7.40. The van der Waals surface area contributed by atoms with E-state index < -0.39 is 0 Å². The lowest BCUT2D eigenvalue weighted by molar-refractivity contribution is 0.275. The number of hydrogen-bond donors (Lipinski definition) is 1. The molecule has 0 spiro atoms. The summed E-state index contributed by atoms with van der Waals surface area (Å²) in [5.41, 5.74) is 1.62. The molecule has 0 bridgehead atoms. The minimum atomic E-state index is -0.112. The second kappa shape index (κ2) is 5.84. The lowest BCUT2D eigenvalue weighted by Gasteiger charge is -2.12. The van der Waals surface area contributed by atoms with E-state index in [1.54, 1.807) is 0 Å². The standard InChI is InChI=1S/C17H14BrNO2/c1-11-6-7-13(18)9-16(11)21-17-15-5-3-2-4-12(15)8-14(10-20)19-17/h2-9,20H,10H2,1H3. The summed E-state index contributed by atoms with van der Waals surface area (Å²) in [6.45, 7) is 1.87. The van der Waals surface area contributed by atoms with Gasteiger partial charge in [0.1, 0.15) is 5.75 Å². The molecule has 0 saturated heterocycles. The molecule has 0 amide bonds. The molecule has 21 heavy (non-hydrogen) atoms. The Morgan fingerprint density at radius 2 is 1.95 bits per heavy atom. The predicted octanol–water partition coefficient (Wildman–Crippen LogP) is 4.59. The number of pyridine rings is 1. The van der Waals surface area contributed by atoms with Crippen molar-refractivity contribution in [1.29, 1.82) is 0 Å². The number of fused-ring (bicyclic) bond motifs is 1. The quantitative estimate of drug-likeness (QED) is 0.756. The molecule has 106 valence electrons. The molecule has 3 nitrogen and oxygen atoms in total. The van der Waals surface area contributed by atoms with Crippen molar-refractivity contribution in [3.63, 3.8) is 0 Å². The highest BCUT2D eigenvalue weighted by molar-refractivity contribution is 9.10. The van der Waals surface area contributed by atoms with Crippen LogP contribution in [-0.4, -0.2) is 10.1 Å². The molecule has 0 aliphatic heterocycles. The maximum absolute atomic E-state index is 9.36. The van der Waals surface area contributed by atoms with Crippen LogP contribution in [0, 0.1) is 6.92 Å². The van der Waals surface area contributed by atoms with Gasteiger partial charge >= 0.3 is 0 Å². The van der Waals surface area contributed by atoms with Crippen LogP contribution in [0.2, 0.25) is 0 Å². The van der Waals surface area contributed by atoms with Gasteiger partial charge in [0.2, 0.25) is 5.88 Å². The van der Waals surface area contributed by atoms with E-state index in [2.05, 4.69) is 20.9 Å². The summed E-state index contributed by atoms with van der Waals surface area (Å²) in [5, 5.41) is 11.3. The zero-order valence-electron chi connectivity index (χ0n) is 11.5. The molecule has 0 saturated carbocycles. The van der Waals surface area contributed by atoms with Gasteiger partial charge in [-0.1, -0.05) is 40.2 Å². The zero-order chi connectivity index (χ0) is 14.8. The van der Waals surface area contributed by atoms with Gasteiger partial charge in [-0.15, -0.1) is 0 Å². The van der Waals surface area contributed by atoms with Crippen molar-refractivity contribution < 1.29 is 9.84 Å². The van der Waals surface area contributed by atoms with E-state index in [9.17, 15) is 5.11 Å². The smallest absolute Gasteiger partial charge is 0.227 e. The Balaban J connectivity index is 2.13. The van der Waals surface area contributed by atoms with Gasteiger partial charge in [0.25, 0.3) is 0 Å². The van der Waals surface area contributed by atoms with Gasteiger partial charge in [-0.25, -0.2) is 4.98 Å². The molecule has 3 aromatic rings. The number of hydrogen-bond acceptors (Lipinski definition) is 3. The van der Waals surface area contributed by atoms with Gasteiger partial charge in [-0.05, 0) is 42.1 Å². The molecule has 0 fully saturated rings. The van der Waals surface area contributed by atoms with Crippen LogP contribution in [0.5, 0.6) is 11.6 Å². The van der Waals surface area contributed by atoms with Crippen LogP contribution in [0.4, 0.5) is 0 Å². The summed E-state index contributed by atoms with van der Waals surface area (Å²) in [7, 11) is 0. The number of aliphatic hydroxyl groups excluding tert-OH is 1. The summed E-state index contributed by atoms with van der Waals surface area (Å²) in [4.78, 5) is 4.40. The van der Waals surface area contributed by atoms with Crippen molar-refractivity contribution in [2.45, 2.75) is 13.5 Å². The fourth-order valence-corrected chi connectivity index (χ4v) is 2.51. The number of rotatable bonds is 3. The SMILES string of the molecule is Cc1ccc(Br)cc1Oc1nc(CO)cc2ccccc12. The Hall–Kier alpha value is -1.91. The third-order valence-corrected chi connectivity index (χ3v) is 3.77. The number of halogens is 1. The predicted molar refractivity (Wildman–Crippen MR) is 86.6 cm³/mol. The molecule has 0 atom stereocenters. The van der Waals surface area contributed by atoms with Crippen LogP contribution >= 0.6 is 15.9 Å². The fourth-order valence-electron chi connectivity index (χ4n) is 2.17. The number of nitrogens with zero attached hydrogens (tertiary/aromatic N) is 1. The summed E-state index contributed by atoms with van der Waals surface area (Å²) in [5.74, 6) is 1.26. The highest BCUT2D eigenvalue weighted by Crippen LogP contribution is 2.32. The summed E-state index contributed by atoms with van der Waals surface area (Å²) in [6.07, 6.45) is 0. The lowest BCUT2D eigenvalue weighted by atomic mass is 10.1. The number of aromatic nitrogens is 1. The van der Waals surface area contributed by atoms with Crippen molar-refractivity contribution in [1.82, 2.24) is 4.98 Å². The highest BCUT2D eigenvalue weighted by atomic mass is 79.9. The molecule has 4 heteroatoms. The van der Waals surface area contributed by atoms with Crippen molar-refractivity contribution in [2.75, 3.05) is 0 Å². The van der Waals surface area contributed by atoms with Crippen molar-refractivity contribution in [3.8, 4) is 11.6 Å². The van der Waals surface area contributed by atoms with Crippen molar-refractivity contribution in [2.24, 2.45) is 0 Å². The third kappa shape index (κ3) is 2.91. The van der Waals surface area contributed by atoms with Crippen LogP contribution in [-0.2, 0) is 6.61 Å². The maximum Gasteiger partial charge on any atom is 0.227 e. The van der Waals surface area contributed by atoms with E-state index in [4.69, 9.17) is 4.74 Å². The molecule has 0 radical (unpaired) electrons. The summed E-state index contributed by atoms with van der Waals surface area (Å²) < 4.78 is 6.94. The van der Waals surface area contributed by atoms with E-state index in [1.807, 2.05) is 55.5 Å². The number of aliphatic hydroxyl groups is 1. The van der Waals surface area contributed by atoms with Gasteiger partial charge < -0.3 is 9.84 Å². The highest BCUT2D eigenvalue weighted by Gasteiger charge is 2.09. The molecule has 1 aromatic heterocycles. The number of ether oxygens (including phenoxy) is 1. The van der Waals surface area contributed by atoms with Gasteiger partial charge in [0.15, 0.2) is 0 Å². The molecular formula is C17H14BrNO2. The number of aryl methyl sites for hydroxylation is 1. The monoisotopic (exact) mass is 343 g/mol. The van der Waals surface area contributed by atoms with E-state index in [-0.39, 0.29) is 6.61 Å². The maximum atomic E-state index is 9.36. The van der Waals surface area contributed by atoms with E-state index in [0.717, 1.165) is 26.6 Å². The first-order chi connectivity index (χ1) is 10.2. The Labute approximate surface area is 131 Å². The first kappa shape index (κ1) is 14.0. The second-order valence-electron chi connectivity index (χ2n) is 4.81. The minimum Gasteiger partial charge on any atom is -0.438 e. The Bertz CT molecular complexity index is 802. The van der Waals surface area contributed by atoms with E-state index in [0.29, 0.717) is 11.6 Å². The first-order valence-electron chi connectivity index (χ1n) is 6.61. The minimum absolute atomic E-state index is 0.112. The van der Waals surface area contributed by atoms with E-state index >= 15 is 0 Å². The average Bonchev–Trinajstić information content (AvgIpc) is 2.50. The molecule has 3 rings (SSSR count). The number of benzene rings is 2. The molecule has 0 aliphatic rings. The zero-order valence-corrected chi connectivity index (χ0v) is 13.1. The largest absolute Gasteiger partial charge is 0.438 e. The molecule has 2 aromatic carbocycles. The second-order valence-corrected chi connectivity index (χ2v) is 5.73. The molecular weight excluding hydrogens is 330 g/mol. The molecule has 1 N–H and O–H groups in total. The van der Waals surface area contributed by atoms with Crippen LogP contribution < -0.4 is 4.74 Å². The summed E-state index contributed by atoms with van der Waals surface area (Å²) in [6, 6.07) is 15.6. The fraction of sp³-hybridized carbons (Fsp3) is 0.118. The Kier molecular flexibility index (Phi) is 3.90. The van der Waals surface area contributed by atoms with Crippen LogP contribution in [0.25, 0.3) is 10.8 Å². The van der Waals surface area contributed by atoms with Crippen LogP contribution in [0.1, 0.15) is 11.3 Å². The van der Waals surface area contributed by atoms with Crippen LogP contribution in [0.15, 0.2) is 53.0 Å². The molecule has 0 unspecified atom stereocenters. The van der Waals surface area contributed by atoms with E-state index in [1.165, 1.54) is 0 Å². The summed E-state index contributed by atoms with van der Waals surface area (Å²) >= 11 is 3.45. The normalized spacial score (nSPS) is 10.8. The average molecular weight is 344 g/mol. The van der Waals surface area contributed by atoms with Crippen LogP contribution in [0.3, 0.4) is 0 Å². The topological polar surface area (TPSA) is 42.4 Å². The molecule has 0 aliphatic carbocycles. The van der Waals surface area contributed by atoms with Gasteiger partial charge in [0.05, 0.1) is 12.3 Å². The molecule has 1 heterocycles. The van der Waals surface area contributed by atoms with Gasteiger partial charge in [0, 0.05) is 9.86 Å². The van der Waals surface area contributed by atoms with Gasteiger partial charge in [-0.2, -0.15) is 0 Å². The van der Waals surface area contributed by atoms with Gasteiger partial charge in [-0.3, -0.25) is 0 Å². The van der Waals surface area contributed by atoms with Crippen molar-refractivity contribution in [3.05, 3.63) is 64.3 Å². The Morgan fingerprint density at radius 1 is 1.14 bits per heavy atom. The lowest BCUT2D eigenvalue weighted by Crippen LogP contribution is -1.96.